The Labute approximate surface area is 142 Å². The van der Waals surface area contributed by atoms with E-state index in [0.717, 1.165) is 22.0 Å². The van der Waals surface area contributed by atoms with Crippen LogP contribution in [0.3, 0.4) is 0 Å². The van der Waals surface area contributed by atoms with Gasteiger partial charge in [0.05, 0.1) is 4.88 Å². The summed E-state index contributed by atoms with van der Waals surface area (Å²) in [4.78, 5) is 18.4. The fourth-order valence-electron chi connectivity index (χ4n) is 1.87. The maximum atomic E-state index is 11.9. The van der Waals surface area contributed by atoms with Crippen molar-refractivity contribution in [1.82, 2.24) is 9.36 Å². The molecule has 1 N–H and O–H groups in total. The minimum Gasteiger partial charge on any atom is -0.484 e. The van der Waals surface area contributed by atoms with Crippen molar-refractivity contribution in [3.05, 3.63) is 46.8 Å². The second-order valence-corrected chi connectivity index (χ2v) is 7.02. The first-order valence-electron chi connectivity index (χ1n) is 7.00. The number of hydrogen-bond acceptors (Lipinski definition) is 6. The van der Waals surface area contributed by atoms with Crippen molar-refractivity contribution in [1.29, 1.82) is 0 Å². The van der Waals surface area contributed by atoms with Crippen molar-refractivity contribution < 1.29 is 9.53 Å². The summed E-state index contributed by atoms with van der Waals surface area (Å²) in [5.41, 5.74) is 1.15. The lowest BCUT2D eigenvalue weighted by atomic mass is 10.2. The zero-order valence-corrected chi connectivity index (χ0v) is 14.3. The third-order valence-electron chi connectivity index (χ3n) is 3.02. The van der Waals surface area contributed by atoms with E-state index in [1.54, 1.807) is 11.3 Å². The molecule has 2 aromatic heterocycles. The second kappa shape index (κ2) is 6.89. The second-order valence-electron chi connectivity index (χ2n) is 4.98. The average molecular weight is 345 g/mol. The lowest BCUT2D eigenvalue weighted by Gasteiger charge is -2.05. The first-order chi connectivity index (χ1) is 11.1. The van der Waals surface area contributed by atoms with E-state index in [4.69, 9.17) is 4.74 Å². The van der Waals surface area contributed by atoms with Crippen molar-refractivity contribution in [3.8, 4) is 16.5 Å². The van der Waals surface area contributed by atoms with Crippen LogP contribution in [0, 0.1) is 13.8 Å². The third-order valence-corrected chi connectivity index (χ3v) is 4.65. The molecular formula is C16H15N3O2S2. The molecule has 0 atom stereocenters. The molecule has 0 aliphatic heterocycles. The smallest absolute Gasteiger partial charge is 0.264 e. The summed E-state index contributed by atoms with van der Waals surface area (Å²) in [7, 11) is 0. The van der Waals surface area contributed by atoms with E-state index in [1.807, 2.05) is 50.2 Å². The topological polar surface area (TPSA) is 64.1 Å². The van der Waals surface area contributed by atoms with Crippen LogP contribution in [0.1, 0.15) is 10.4 Å². The molecular weight excluding hydrogens is 330 g/mol. The van der Waals surface area contributed by atoms with Crippen LogP contribution in [-0.4, -0.2) is 21.9 Å². The number of anilines is 1. The van der Waals surface area contributed by atoms with Gasteiger partial charge in [-0.3, -0.25) is 10.1 Å². The molecule has 1 aromatic carbocycles. The Morgan fingerprint density at radius 3 is 2.65 bits per heavy atom. The molecule has 3 rings (SSSR count). The molecule has 0 bridgehead atoms. The number of aryl methyl sites for hydroxylation is 2. The zero-order valence-electron chi connectivity index (χ0n) is 12.7. The number of benzene rings is 1. The molecule has 0 fully saturated rings. The highest BCUT2D eigenvalue weighted by molar-refractivity contribution is 7.15. The van der Waals surface area contributed by atoms with Gasteiger partial charge in [0.1, 0.15) is 5.75 Å². The number of thiophene rings is 1. The molecule has 23 heavy (non-hydrogen) atoms. The number of aromatic nitrogens is 2. The minimum atomic E-state index is -0.254. The number of amides is 1. The van der Waals surface area contributed by atoms with Crippen molar-refractivity contribution in [2.24, 2.45) is 0 Å². The van der Waals surface area contributed by atoms with Crippen LogP contribution in [-0.2, 0) is 4.79 Å². The number of carbonyl (C=O) groups is 1. The Kier molecular flexibility index (Phi) is 4.68. The molecule has 0 aliphatic carbocycles. The van der Waals surface area contributed by atoms with E-state index < -0.39 is 0 Å². The van der Waals surface area contributed by atoms with Crippen LogP contribution in [0.2, 0.25) is 0 Å². The van der Waals surface area contributed by atoms with Gasteiger partial charge in [-0.25, -0.2) is 0 Å². The summed E-state index contributed by atoms with van der Waals surface area (Å²) in [5.74, 6) is 1.05. The lowest BCUT2D eigenvalue weighted by molar-refractivity contribution is -0.118. The van der Waals surface area contributed by atoms with Crippen molar-refractivity contribution in [2.75, 3.05) is 11.9 Å². The first kappa shape index (κ1) is 15.6. The van der Waals surface area contributed by atoms with Crippen molar-refractivity contribution in [2.45, 2.75) is 13.8 Å². The maximum absolute atomic E-state index is 11.9. The third kappa shape index (κ3) is 4.14. The Morgan fingerprint density at radius 1 is 1.17 bits per heavy atom. The molecule has 118 valence electrons. The van der Waals surface area contributed by atoms with E-state index in [0.29, 0.717) is 16.7 Å². The van der Waals surface area contributed by atoms with Gasteiger partial charge in [0, 0.05) is 16.4 Å². The van der Waals surface area contributed by atoms with Gasteiger partial charge in [0.15, 0.2) is 12.4 Å². The maximum Gasteiger partial charge on any atom is 0.264 e. The Balaban J connectivity index is 1.56. The van der Waals surface area contributed by atoms with Gasteiger partial charge in [-0.05, 0) is 38.1 Å². The van der Waals surface area contributed by atoms with Crippen LogP contribution >= 0.6 is 22.9 Å². The highest BCUT2D eigenvalue weighted by Gasteiger charge is 2.11. The van der Waals surface area contributed by atoms with E-state index in [1.165, 1.54) is 4.88 Å². The highest BCUT2D eigenvalue weighted by Crippen LogP contribution is 2.27. The van der Waals surface area contributed by atoms with Crippen LogP contribution in [0.4, 0.5) is 5.13 Å². The summed E-state index contributed by atoms with van der Waals surface area (Å²) < 4.78 is 9.70. The fraction of sp³-hybridized carbons (Fsp3) is 0.188. The molecule has 2 heterocycles. The van der Waals surface area contributed by atoms with Crippen molar-refractivity contribution >= 4 is 33.9 Å². The molecule has 0 saturated heterocycles. The van der Waals surface area contributed by atoms with E-state index >= 15 is 0 Å². The Hall–Kier alpha value is -2.25. The monoisotopic (exact) mass is 345 g/mol. The molecule has 0 saturated carbocycles. The molecule has 3 aromatic rings. The SMILES string of the molecule is Cc1ccc(OCC(=O)Nc2nc(-c3ccc(C)s3)ns2)cc1. The minimum absolute atomic E-state index is 0.0594. The van der Waals surface area contributed by atoms with Gasteiger partial charge in [0.25, 0.3) is 5.91 Å². The van der Waals surface area contributed by atoms with Crippen LogP contribution in [0.25, 0.3) is 10.7 Å². The standard InChI is InChI=1S/C16H15N3O2S2/c1-10-3-6-12(7-4-10)21-9-14(20)17-16-18-15(19-23-16)13-8-5-11(2)22-13/h3-8H,9H2,1-2H3,(H,17,18,19,20). The molecule has 0 unspecified atom stereocenters. The van der Waals surface area contributed by atoms with Crippen LogP contribution in [0.5, 0.6) is 5.75 Å². The first-order valence-corrected chi connectivity index (χ1v) is 8.59. The largest absolute Gasteiger partial charge is 0.484 e. The molecule has 0 aliphatic rings. The molecule has 0 spiro atoms. The zero-order chi connectivity index (χ0) is 16.2. The number of nitrogens with one attached hydrogen (secondary N) is 1. The fourth-order valence-corrected chi connectivity index (χ4v) is 3.33. The summed E-state index contributed by atoms with van der Waals surface area (Å²) in [6.07, 6.45) is 0. The highest BCUT2D eigenvalue weighted by atomic mass is 32.1. The quantitative estimate of drug-likeness (QED) is 0.762. The van der Waals surface area contributed by atoms with E-state index in [9.17, 15) is 4.79 Å². The summed E-state index contributed by atoms with van der Waals surface area (Å²) in [6.45, 7) is 3.97. The predicted molar refractivity (Wildman–Crippen MR) is 93.3 cm³/mol. The summed E-state index contributed by atoms with van der Waals surface area (Å²) in [5, 5.41) is 3.18. The number of carbonyl (C=O) groups excluding carboxylic acids is 1. The van der Waals surface area contributed by atoms with Gasteiger partial charge in [-0.1, -0.05) is 17.7 Å². The number of nitrogens with zero attached hydrogens (tertiary/aromatic N) is 2. The molecule has 7 heteroatoms. The van der Waals surface area contributed by atoms with Gasteiger partial charge in [0.2, 0.25) is 5.13 Å². The Bertz CT molecular complexity index is 809. The molecule has 1 amide bonds. The van der Waals surface area contributed by atoms with Crippen LogP contribution < -0.4 is 10.1 Å². The number of ether oxygens (including phenoxy) is 1. The molecule has 5 nitrogen and oxygen atoms in total. The summed E-state index contributed by atoms with van der Waals surface area (Å²) >= 11 is 2.79. The predicted octanol–water partition coefficient (Wildman–Crippen LogP) is 3.90. The normalized spacial score (nSPS) is 10.5. The number of rotatable bonds is 5. The molecule has 0 radical (unpaired) electrons. The van der Waals surface area contributed by atoms with Gasteiger partial charge in [-0.2, -0.15) is 9.36 Å². The average Bonchev–Trinajstić information content (AvgIpc) is 3.16. The van der Waals surface area contributed by atoms with Gasteiger partial charge < -0.3 is 4.74 Å². The number of hydrogen-bond donors (Lipinski definition) is 1. The van der Waals surface area contributed by atoms with Gasteiger partial charge >= 0.3 is 0 Å². The van der Waals surface area contributed by atoms with Crippen LogP contribution in [0.15, 0.2) is 36.4 Å². The van der Waals surface area contributed by atoms with Gasteiger partial charge in [-0.15, -0.1) is 11.3 Å². The van der Waals surface area contributed by atoms with E-state index in [-0.39, 0.29) is 12.5 Å². The van der Waals surface area contributed by atoms with E-state index in [2.05, 4.69) is 14.7 Å². The lowest BCUT2D eigenvalue weighted by Crippen LogP contribution is -2.20. The Morgan fingerprint density at radius 2 is 1.96 bits per heavy atom. The summed E-state index contributed by atoms with van der Waals surface area (Å²) in [6, 6.07) is 11.6. The van der Waals surface area contributed by atoms with Crippen molar-refractivity contribution in [3.63, 3.8) is 0 Å².